The fourth-order valence-electron chi connectivity index (χ4n) is 2.11. The SMILES string of the molecule is COc1cc2sc(NC(=S)NC(=O)c3cc(Br)ccc3Cl)nc2cc1Cl. The number of methoxy groups -OCH3 is 1. The summed E-state index contributed by atoms with van der Waals surface area (Å²) < 4.78 is 6.81. The molecule has 0 fully saturated rings. The van der Waals surface area contributed by atoms with Crippen LogP contribution in [0.25, 0.3) is 10.2 Å². The molecule has 1 aromatic heterocycles. The van der Waals surface area contributed by atoms with Crippen LogP contribution in [0.2, 0.25) is 10.0 Å². The molecule has 3 rings (SSSR count). The second kappa shape index (κ2) is 8.06. The lowest BCUT2D eigenvalue weighted by Gasteiger charge is -2.08. The van der Waals surface area contributed by atoms with Gasteiger partial charge in [0.05, 0.1) is 32.9 Å². The van der Waals surface area contributed by atoms with E-state index in [0.29, 0.717) is 32.0 Å². The van der Waals surface area contributed by atoms with Gasteiger partial charge in [-0.25, -0.2) is 4.98 Å². The monoisotopic (exact) mass is 489 g/mol. The average molecular weight is 491 g/mol. The third kappa shape index (κ3) is 4.27. The van der Waals surface area contributed by atoms with E-state index in [1.165, 1.54) is 11.3 Å². The Hall–Kier alpha value is -1.45. The summed E-state index contributed by atoms with van der Waals surface area (Å²) in [5.74, 6) is 0.147. The molecule has 0 atom stereocenters. The highest BCUT2D eigenvalue weighted by atomic mass is 79.9. The number of thiocarbonyl (C=S) groups is 1. The summed E-state index contributed by atoms with van der Waals surface area (Å²) in [6.45, 7) is 0. The molecule has 0 spiro atoms. The molecule has 0 aliphatic rings. The van der Waals surface area contributed by atoms with Gasteiger partial charge in [0, 0.05) is 10.5 Å². The first-order chi connectivity index (χ1) is 12.4. The van der Waals surface area contributed by atoms with E-state index in [4.69, 9.17) is 40.2 Å². The van der Waals surface area contributed by atoms with Gasteiger partial charge in [-0.15, -0.1) is 0 Å². The number of amides is 1. The molecule has 0 aliphatic heterocycles. The summed E-state index contributed by atoms with van der Waals surface area (Å²) in [5, 5.41) is 6.91. The van der Waals surface area contributed by atoms with Crippen molar-refractivity contribution in [1.29, 1.82) is 0 Å². The van der Waals surface area contributed by atoms with Gasteiger partial charge in [0.25, 0.3) is 5.91 Å². The van der Waals surface area contributed by atoms with Crippen LogP contribution in [-0.4, -0.2) is 23.1 Å². The first kappa shape index (κ1) is 19.3. The van der Waals surface area contributed by atoms with Crippen LogP contribution in [0, 0.1) is 0 Å². The molecule has 3 aromatic rings. The minimum atomic E-state index is -0.417. The van der Waals surface area contributed by atoms with E-state index in [2.05, 4.69) is 31.5 Å². The second-order valence-corrected chi connectivity index (χ2v) is 8.17. The summed E-state index contributed by atoms with van der Waals surface area (Å²) in [4.78, 5) is 16.7. The van der Waals surface area contributed by atoms with Crippen molar-refractivity contribution in [2.24, 2.45) is 0 Å². The summed E-state index contributed by atoms with van der Waals surface area (Å²) >= 11 is 22.0. The Balaban J connectivity index is 1.74. The van der Waals surface area contributed by atoms with Gasteiger partial charge in [-0.1, -0.05) is 50.5 Å². The summed E-state index contributed by atoms with van der Waals surface area (Å²) in [6, 6.07) is 8.49. The number of nitrogens with zero attached hydrogens (tertiary/aromatic N) is 1. The zero-order valence-corrected chi connectivity index (χ0v) is 17.8. The van der Waals surface area contributed by atoms with E-state index in [1.54, 1.807) is 37.4 Å². The van der Waals surface area contributed by atoms with Crippen LogP contribution in [0.3, 0.4) is 0 Å². The van der Waals surface area contributed by atoms with Gasteiger partial charge in [0.2, 0.25) is 0 Å². The number of hydrogen-bond donors (Lipinski definition) is 2. The molecule has 26 heavy (non-hydrogen) atoms. The fraction of sp³-hybridized carbons (Fsp3) is 0.0625. The first-order valence-corrected chi connectivity index (χ1v) is 9.86. The second-order valence-electron chi connectivity index (χ2n) is 5.01. The van der Waals surface area contributed by atoms with E-state index >= 15 is 0 Å². The highest BCUT2D eigenvalue weighted by Crippen LogP contribution is 2.34. The summed E-state index contributed by atoms with van der Waals surface area (Å²) in [7, 11) is 1.55. The third-order valence-corrected chi connectivity index (χ3v) is 5.54. The van der Waals surface area contributed by atoms with Gasteiger partial charge in [-0.3, -0.25) is 10.1 Å². The third-order valence-electron chi connectivity index (χ3n) is 3.28. The van der Waals surface area contributed by atoms with Crippen molar-refractivity contribution in [3.05, 3.63) is 50.4 Å². The number of hydrogen-bond acceptors (Lipinski definition) is 5. The van der Waals surface area contributed by atoms with Crippen molar-refractivity contribution >= 4 is 89.1 Å². The number of carbonyl (C=O) groups is 1. The Kier molecular flexibility index (Phi) is 5.99. The zero-order chi connectivity index (χ0) is 18.8. The quantitative estimate of drug-likeness (QED) is 0.474. The number of nitrogens with one attached hydrogen (secondary N) is 2. The molecule has 2 aromatic carbocycles. The fourth-order valence-corrected chi connectivity index (χ4v) is 4.04. The van der Waals surface area contributed by atoms with Gasteiger partial charge in [-0.2, -0.15) is 0 Å². The maximum atomic E-state index is 12.3. The Morgan fingerprint density at radius 2 is 2.04 bits per heavy atom. The molecule has 1 heterocycles. The maximum Gasteiger partial charge on any atom is 0.258 e. The Morgan fingerprint density at radius 3 is 2.77 bits per heavy atom. The summed E-state index contributed by atoms with van der Waals surface area (Å²) in [5.41, 5.74) is 1.01. The van der Waals surface area contributed by atoms with E-state index in [1.807, 2.05) is 0 Å². The zero-order valence-electron chi connectivity index (χ0n) is 13.1. The van der Waals surface area contributed by atoms with Crippen LogP contribution in [0.1, 0.15) is 10.4 Å². The van der Waals surface area contributed by atoms with Gasteiger partial charge >= 0.3 is 0 Å². The number of aromatic nitrogens is 1. The predicted molar refractivity (Wildman–Crippen MR) is 114 cm³/mol. The van der Waals surface area contributed by atoms with Crippen molar-refractivity contribution in [2.45, 2.75) is 0 Å². The molecule has 0 radical (unpaired) electrons. The average Bonchev–Trinajstić information content (AvgIpc) is 2.96. The molecule has 2 N–H and O–H groups in total. The van der Waals surface area contributed by atoms with E-state index in [0.717, 1.165) is 9.17 Å². The topological polar surface area (TPSA) is 63.2 Å². The number of carbonyl (C=O) groups excluding carboxylic acids is 1. The predicted octanol–water partition coefficient (Wildman–Crippen LogP) is 5.50. The minimum absolute atomic E-state index is 0.114. The van der Waals surface area contributed by atoms with Crippen molar-refractivity contribution in [2.75, 3.05) is 12.4 Å². The maximum absolute atomic E-state index is 12.3. The minimum Gasteiger partial charge on any atom is -0.495 e. The Morgan fingerprint density at radius 1 is 1.27 bits per heavy atom. The van der Waals surface area contributed by atoms with Crippen LogP contribution in [0.5, 0.6) is 5.75 Å². The Labute approximate surface area is 176 Å². The molecule has 10 heteroatoms. The molecule has 1 amide bonds. The number of anilines is 1. The van der Waals surface area contributed by atoms with Crippen molar-refractivity contribution in [3.63, 3.8) is 0 Å². The smallest absolute Gasteiger partial charge is 0.258 e. The lowest BCUT2D eigenvalue weighted by molar-refractivity contribution is 0.0978. The lowest BCUT2D eigenvalue weighted by Crippen LogP contribution is -2.34. The number of halogens is 3. The van der Waals surface area contributed by atoms with Gasteiger partial charge in [0.15, 0.2) is 10.2 Å². The molecule has 0 aliphatic carbocycles. The van der Waals surface area contributed by atoms with Gasteiger partial charge < -0.3 is 10.1 Å². The van der Waals surface area contributed by atoms with E-state index < -0.39 is 5.91 Å². The van der Waals surface area contributed by atoms with E-state index in [-0.39, 0.29) is 5.11 Å². The van der Waals surface area contributed by atoms with Gasteiger partial charge in [-0.05, 0) is 36.5 Å². The molecule has 134 valence electrons. The summed E-state index contributed by atoms with van der Waals surface area (Å²) in [6.07, 6.45) is 0. The normalized spacial score (nSPS) is 10.6. The number of ether oxygens (including phenoxy) is 1. The van der Waals surface area contributed by atoms with Crippen LogP contribution in [0.4, 0.5) is 5.13 Å². The number of fused-ring (bicyclic) bond motifs is 1. The number of rotatable bonds is 3. The van der Waals surface area contributed by atoms with Crippen LogP contribution in [-0.2, 0) is 0 Å². The molecule has 0 unspecified atom stereocenters. The van der Waals surface area contributed by atoms with Crippen LogP contribution in [0.15, 0.2) is 34.8 Å². The molecule has 0 bridgehead atoms. The molecule has 5 nitrogen and oxygen atoms in total. The van der Waals surface area contributed by atoms with Crippen LogP contribution < -0.4 is 15.4 Å². The molecule has 0 saturated heterocycles. The van der Waals surface area contributed by atoms with E-state index in [9.17, 15) is 4.79 Å². The number of thiazole rings is 1. The lowest BCUT2D eigenvalue weighted by atomic mass is 10.2. The number of benzene rings is 2. The van der Waals surface area contributed by atoms with Crippen molar-refractivity contribution in [1.82, 2.24) is 10.3 Å². The molecular weight excluding hydrogens is 481 g/mol. The van der Waals surface area contributed by atoms with Crippen molar-refractivity contribution < 1.29 is 9.53 Å². The first-order valence-electron chi connectivity index (χ1n) is 7.09. The van der Waals surface area contributed by atoms with Gasteiger partial charge in [0.1, 0.15) is 5.75 Å². The Bertz CT molecular complexity index is 1030. The highest BCUT2D eigenvalue weighted by Gasteiger charge is 2.14. The standard InChI is InChI=1S/C16H10BrCl2N3O2S2/c1-24-12-6-13-11(5-10(12)19)20-16(26-13)22-15(25)21-14(23)8-4-7(17)2-3-9(8)18/h2-6H,1H3,(H2,20,21,22,23,25). The molecule has 0 saturated carbocycles. The highest BCUT2D eigenvalue weighted by molar-refractivity contribution is 9.10. The molecular formula is C16H10BrCl2N3O2S2. The largest absolute Gasteiger partial charge is 0.495 e. The van der Waals surface area contributed by atoms with Crippen molar-refractivity contribution in [3.8, 4) is 5.75 Å². The van der Waals surface area contributed by atoms with Crippen LogP contribution >= 0.6 is 62.7 Å².